The minimum Gasteiger partial charge on any atom is -0.369 e. The van der Waals surface area contributed by atoms with Crippen molar-refractivity contribution in [3.63, 3.8) is 0 Å². The highest BCUT2D eigenvalue weighted by molar-refractivity contribution is 7.80. The zero-order valence-electron chi connectivity index (χ0n) is 9.03. The molecule has 0 bridgehead atoms. The lowest BCUT2D eigenvalue weighted by molar-refractivity contribution is -0.119. The van der Waals surface area contributed by atoms with Crippen molar-refractivity contribution >= 4 is 23.2 Å². The Bertz CT molecular complexity index is 238. The third-order valence-corrected chi connectivity index (χ3v) is 2.77. The number of thiocarbonyl (C=S) groups is 1. The van der Waals surface area contributed by atoms with Crippen LogP contribution in [0, 0.1) is 0 Å². The number of piperazine rings is 1. The smallest absolute Gasteiger partial charge is 0.231 e. The molecule has 1 aliphatic rings. The number of nitrogens with one attached hydrogen (secondary N) is 1. The molecular weight excluding hydrogens is 212 g/mol. The SMILES string of the molecule is CCNC(=S)N1CCN(CC(N)=O)CC1. The van der Waals surface area contributed by atoms with Gasteiger partial charge in [-0.1, -0.05) is 0 Å². The van der Waals surface area contributed by atoms with Gasteiger partial charge in [-0.25, -0.2) is 0 Å². The lowest BCUT2D eigenvalue weighted by Crippen LogP contribution is -2.53. The van der Waals surface area contributed by atoms with Crippen molar-refractivity contribution in [2.45, 2.75) is 6.92 Å². The van der Waals surface area contributed by atoms with Gasteiger partial charge in [0.1, 0.15) is 0 Å². The fourth-order valence-electron chi connectivity index (χ4n) is 1.59. The van der Waals surface area contributed by atoms with Crippen LogP contribution < -0.4 is 11.1 Å². The average Bonchev–Trinajstić information content (AvgIpc) is 2.18. The number of rotatable bonds is 3. The van der Waals surface area contributed by atoms with E-state index in [1.54, 1.807) is 0 Å². The van der Waals surface area contributed by atoms with Gasteiger partial charge in [0.15, 0.2) is 5.11 Å². The number of primary amides is 1. The zero-order chi connectivity index (χ0) is 11.3. The van der Waals surface area contributed by atoms with Gasteiger partial charge in [-0.05, 0) is 19.1 Å². The van der Waals surface area contributed by atoms with Gasteiger partial charge >= 0.3 is 0 Å². The van der Waals surface area contributed by atoms with Crippen LogP contribution >= 0.6 is 12.2 Å². The fraction of sp³-hybridized carbons (Fsp3) is 0.778. The van der Waals surface area contributed by atoms with Crippen LogP contribution in [0.2, 0.25) is 0 Å². The van der Waals surface area contributed by atoms with Gasteiger partial charge in [0.2, 0.25) is 5.91 Å². The first-order valence-electron chi connectivity index (χ1n) is 5.17. The summed E-state index contributed by atoms with van der Waals surface area (Å²) in [5, 5.41) is 3.92. The van der Waals surface area contributed by atoms with E-state index in [0.29, 0.717) is 6.54 Å². The van der Waals surface area contributed by atoms with E-state index in [9.17, 15) is 4.79 Å². The van der Waals surface area contributed by atoms with Gasteiger partial charge in [-0.3, -0.25) is 9.69 Å². The van der Waals surface area contributed by atoms with Crippen LogP contribution in [-0.4, -0.2) is 60.1 Å². The number of nitrogens with two attached hydrogens (primary N) is 1. The molecule has 0 aromatic heterocycles. The van der Waals surface area contributed by atoms with Crippen molar-refractivity contribution in [3.8, 4) is 0 Å². The molecule has 3 N–H and O–H groups in total. The van der Waals surface area contributed by atoms with Gasteiger partial charge in [-0.2, -0.15) is 0 Å². The van der Waals surface area contributed by atoms with E-state index in [-0.39, 0.29) is 5.91 Å². The van der Waals surface area contributed by atoms with Crippen LogP contribution in [0.3, 0.4) is 0 Å². The van der Waals surface area contributed by atoms with Crippen molar-refractivity contribution in [2.24, 2.45) is 5.73 Å². The van der Waals surface area contributed by atoms with Crippen LogP contribution in [-0.2, 0) is 4.79 Å². The van der Waals surface area contributed by atoms with E-state index in [1.165, 1.54) is 0 Å². The first-order chi connectivity index (χ1) is 7.13. The Morgan fingerprint density at radius 1 is 1.40 bits per heavy atom. The molecule has 6 heteroatoms. The standard InChI is InChI=1S/C9H18N4OS/c1-2-11-9(15)13-5-3-12(4-6-13)7-8(10)14/h2-7H2,1H3,(H2,10,14)(H,11,15). The summed E-state index contributed by atoms with van der Waals surface area (Å²) in [5.41, 5.74) is 5.13. The molecule has 1 heterocycles. The molecule has 0 atom stereocenters. The molecule has 0 aromatic rings. The summed E-state index contributed by atoms with van der Waals surface area (Å²) < 4.78 is 0. The largest absolute Gasteiger partial charge is 0.369 e. The average molecular weight is 230 g/mol. The second-order valence-corrected chi connectivity index (χ2v) is 3.95. The Morgan fingerprint density at radius 2 is 2.00 bits per heavy atom. The monoisotopic (exact) mass is 230 g/mol. The maximum Gasteiger partial charge on any atom is 0.231 e. The molecule has 0 saturated carbocycles. The lowest BCUT2D eigenvalue weighted by Gasteiger charge is -2.35. The molecule has 1 fully saturated rings. The Labute approximate surface area is 95.6 Å². The number of hydrogen-bond acceptors (Lipinski definition) is 3. The number of carbonyl (C=O) groups excluding carboxylic acids is 1. The van der Waals surface area contributed by atoms with E-state index in [4.69, 9.17) is 18.0 Å². The number of carbonyl (C=O) groups is 1. The minimum atomic E-state index is -0.266. The van der Waals surface area contributed by atoms with E-state index < -0.39 is 0 Å². The lowest BCUT2D eigenvalue weighted by atomic mass is 10.3. The predicted molar refractivity (Wildman–Crippen MR) is 63.5 cm³/mol. The van der Waals surface area contributed by atoms with E-state index >= 15 is 0 Å². The summed E-state index contributed by atoms with van der Waals surface area (Å²) in [6, 6.07) is 0. The number of amides is 1. The highest BCUT2D eigenvalue weighted by Gasteiger charge is 2.19. The van der Waals surface area contributed by atoms with E-state index in [2.05, 4.69) is 10.2 Å². The van der Waals surface area contributed by atoms with Gasteiger partial charge in [0.25, 0.3) is 0 Å². The summed E-state index contributed by atoms with van der Waals surface area (Å²) in [5.74, 6) is -0.266. The van der Waals surface area contributed by atoms with Crippen molar-refractivity contribution in [1.29, 1.82) is 0 Å². The zero-order valence-corrected chi connectivity index (χ0v) is 9.85. The summed E-state index contributed by atoms with van der Waals surface area (Å²) in [7, 11) is 0. The predicted octanol–water partition coefficient (Wildman–Crippen LogP) is -1.02. The van der Waals surface area contributed by atoms with Crippen LogP contribution in [0.15, 0.2) is 0 Å². The number of hydrogen-bond donors (Lipinski definition) is 2. The molecule has 86 valence electrons. The topological polar surface area (TPSA) is 61.6 Å². The van der Waals surface area contributed by atoms with Crippen molar-refractivity contribution in [3.05, 3.63) is 0 Å². The van der Waals surface area contributed by atoms with Crippen LogP contribution in [0.25, 0.3) is 0 Å². The second kappa shape index (κ2) is 5.87. The molecule has 1 saturated heterocycles. The quantitative estimate of drug-likeness (QED) is 0.608. The molecule has 1 aliphatic heterocycles. The number of nitrogens with zero attached hydrogens (tertiary/aromatic N) is 2. The molecular formula is C9H18N4OS. The molecule has 1 rings (SSSR count). The maximum absolute atomic E-state index is 10.7. The van der Waals surface area contributed by atoms with Crippen molar-refractivity contribution in [2.75, 3.05) is 39.3 Å². The molecule has 1 amide bonds. The fourth-order valence-corrected chi connectivity index (χ4v) is 1.92. The summed E-state index contributed by atoms with van der Waals surface area (Å²) in [4.78, 5) is 14.9. The third kappa shape index (κ3) is 4.01. The maximum atomic E-state index is 10.7. The Morgan fingerprint density at radius 3 is 2.47 bits per heavy atom. The Kier molecular flexibility index (Phi) is 4.77. The van der Waals surface area contributed by atoms with Crippen molar-refractivity contribution < 1.29 is 4.79 Å². The second-order valence-electron chi connectivity index (χ2n) is 3.56. The van der Waals surface area contributed by atoms with Gasteiger partial charge < -0.3 is 16.0 Å². The normalized spacial score (nSPS) is 17.5. The molecule has 15 heavy (non-hydrogen) atoms. The molecule has 0 aromatic carbocycles. The van der Waals surface area contributed by atoms with Crippen LogP contribution in [0.5, 0.6) is 0 Å². The highest BCUT2D eigenvalue weighted by Crippen LogP contribution is 2.01. The van der Waals surface area contributed by atoms with E-state index in [0.717, 1.165) is 37.8 Å². The molecule has 0 radical (unpaired) electrons. The van der Waals surface area contributed by atoms with Gasteiger partial charge in [0, 0.05) is 32.7 Å². The molecule has 0 aliphatic carbocycles. The Balaban J connectivity index is 2.29. The molecule has 0 spiro atoms. The summed E-state index contributed by atoms with van der Waals surface area (Å²) >= 11 is 5.20. The minimum absolute atomic E-state index is 0.266. The summed E-state index contributed by atoms with van der Waals surface area (Å²) in [6.45, 7) is 6.62. The van der Waals surface area contributed by atoms with Crippen LogP contribution in [0.1, 0.15) is 6.92 Å². The van der Waals surface area contributed by atoms with Gasteiger partial charge in [-0.15, -0.1) is 0 Å². The van der Waals surface area contributed by atoms with Crippen LogP contribution in [0.4, 0.5) is 0 Å². The highest BCUT2D eigenvalue weighted by atomic mass is 32.1. The third-order valence-electron chi connectivity index (χ3n) is 2.37. The molecule has 0 unspecified atom stereocenters. The Hall–Kier alpha value is -0.880. The summed E-state index contributed by atoms with van der Waals surface area (Å²) in [6.07, 6.45) is 0. The first-order valence-corrected chi connectivity index (χ1v) is 5.57. The van der Waals surface area contributed by atoms with E-state index in [1.807, 2.05) is 11.8 Å². The molecule has 5 nitrogen and oxygen atoms in total. The first kappa shape index (κ1) is 12.2. The van der Waals surface area contributed by atoms with Crippen molar-refractivity contribution in [1.82, 2.24) is 15.1 Å². The van der Waals surface area contributed by atoms with Gasteiger partial charge in [0.05, 0.1) is 6.54 Å².